The van der Waals surface area contributed by atoms with Gasteiger partial charge in [-0.1, -0.05) is 0 Å². The Balaban J connectivity index is 3.87. The van der Waals surface area contributed by atoms with E-state index in [2.05, 4.69) is 5.32 Å². The molecule has 0 saturated heterocycles. The number of aliphatic hydroxyl groups excluding tert-OH is 2. The second-order valence-electron chi connectivity index (χ2n) is 4.94. The van der Waals surface area contributed by atoms with Gasteiger partial charge in [0.25, 0.3) is 0 Å². The second-order valence-corrected chi connectivity index (χ2v) is 4.94. The van der Waals surface area contributed by atoms with Crippen molar-refractivity contribution < 1.29 is 24.9 Å². The van der Waals surface area contributed by atoms with Crippen LogP contribution < -0.4 is 5.32 Å². The molecule has 0 aliphatic heterocycles. The summed E-state index contributed by atoms with van der Waals surface area (Å²) in [7, 11) is 0. The molecule has 1 atom stereocenters. The van der Waals surface area contributed by atoms with E-state index >= 15 is 0 Å². The molecule has 0 aromatic rings. The van der Waals surface area contributed by atoms with Crippen molar-refractivity contribution in [2.75, 3.05) is 26.2 Å². The molecule has 0 radical (unpaired) electrons. The first-order valence-electron chi connectivity index (χ1n) is 5.86. The highest BCUT2D eigenvalue weighted by atomic mass is 16.6. The average molecular weight is 264 g/mol. The lowest BCUT2D eigenvalue weighted by Gasteiger charge is -2.26. The van der Waals surface area contributed by atoms with Crippen molar-refractivity contribution in [2.24, 2.45) is 0 Å². The van der Waals surface area contributed by atoms with Gasteiger partial charge in [0.05, 0.1) is 12.1 Å². The van der Waals surface area contributed by atoms with E-state index in [4.69, 9.17) is 14.9 Å². The fourth-order valence-electron chi connectivity index (χ4n) is 1.32. The van der Waals surface area contributed by atoms with E-state index in [0.29, 0.717) is 19.4 Å². The van der Waals surface area contributed by atoms with Crippen LogP contribution in [0, 0.1) is 0 Å². The van der Waals surface area contributed by atoms with Crippen LogP contribution in [0.1, 0.15) is 20.8 Å². The van der Waals surface area contributed by atoms with Crippen LogP contribution in [0.4, 0.5) is 0 Å². The normalized spacial score (nSPS) is 14.2. The molecule has 0 heterocycles. The van der Waals surface area contributed by atoms with Crippen LogP contribution in [0.3, 0.4) is 0 Å². The number of ether oxygens (including phenoxy) is 1. The maximum Gasteiger partial charge on any atom is 0.214 e. The summed E-state index contributed by atoms with van der Waals surface area (Å²) < 4.78 is 5.22. The van der Waals surface area contributed by atoms with Crippen LogP contribution in [0.2, 0.25) is 0 Å². The summed E-state index contributed by atoms with van der Waals surface area (Å²) in [5, 5.41) is 29.8. The molecule has 0 aromatic heterocycles. The van der Waals surface area contributed by atoms with Gasteiger partial charge in [0.1, 0.15) is 6.29 Å². The average Bonchev–Trinajstić information content (AvgIpc) is 2.13. The summed E-state index contributed by atoms with van der Waals surface area (Å²) >= 11 is 0. The SMILES string of the molecule is CC(C)(C)OC(O)NCCN(CC=O)CC(O)O. The molecular weight excluding hydrogens is 240 g/mol. The van der Waals surface area contributed by atoms with Crippen molar-refractivity contribution in [1.29, 1.82) is 0 Å². The number of aliphatic hydroxyl groups is 3. The number of aldehydes is 1. The quantitative estimate of drug-likeness (QED) is 0.296. The first-order valence-corrected chi connectivity index (χ1v) is 5.86. The van der Waals surface area contributed by atoms with Gasteiger partial charge in [-0.3, -0.25) is 10.2 Å². The molecule has 0 fully saturated rings. The van der Waals surface area contributed by atoms with Gasteiger partial charge in [0, 0.05) is 19.6 Å². The number of nitrogens with one attached hydrogen (secondary N) is 1. The largest absolute Gasteiger partial charge is 0.367 e. The van der Waals surface area contributed by atoms with E-state index in [0.717, 1.165) is 0 Å². The Kier molecular flexibility index (Phi) is 8.25. The predicted octanol–water partition coefficient (Wildman–Crippen LogP) is -1.52. The van der Waals surface area contributed by atoms with Crippen LogP contribution in [-0.4, -0.2) is 71.0 Å². The van der Waals surface area contributed by atoms with Crippen molar-refractivity contribution in [3.8, 4) is 0 Å². The molecule has 7 heteroatoms. The Morgan fingerprint density at radius 2 is 1.94 bits per heavy atom. The van der Waals surface area contributed by atoms with Gasteiger partial charge < -0.3 is 24.9 Å². The lowest BCUT2D eigenvalue weighted by Crippen LogP contribution is -2.43. The summed E-state index contributed by atoms with van der Waals surface area (Å²) in [5.41, 5.74) is -0.462. The molecule has 18 heavy (non-hydrogen) atoms. The number of hydrogen-bond donors (Lipinski definition) is 4. The fraction of sp³-hybridized carbons (Fsp3) is 0.909. The molecule has 108 valence electrons. The highest BCUT2D eigenvalue weighted by Crippen LogP contribution is 2.07. The zero-order chi connectivity index (χ0) is 14.2. The highest BCUT2D eigenvalue weighted by Gasteiger charge is 2.16. The molecule has 0 amide bonds. The molecular formula is C11H24N2O5. The van der Waals surface area contributed by atoms with E-state index < -0.39 is 18.3 Å². The van der Waals surface area contributed by atoms with Gasteiger partial charge in [-0.05, 0) is 20.8 Å². The Morgan fingerprint density at radius 1 is 1.33 bits per heavy atom. The summed E-state index contributed by atoms with van der Waals surface area (Å²) in [5.74, 6) is 0. The third-order valence-electron chi connectivity index (χ3n) is 1.97. The topological polar surface area (TPSA) is 102 Å². The lowest BCUT2D eigenvalue weighted by atomic mass is 10.2. The molecule has 0 aromatic carbocycles. The Labute approximate surface area is 107 Å². The summed E-state index contributed by atoms with van der Waals surface area (Å²) in [6.07, 6.45) is -1.90. The van der Waals surface area contributed by atoms with Crippen molar-refractivity contribution in [3.63, 3.8) is 0 Å². The van der Waals surface area contributed by atoms with Gasteiger partial charge in [-0.25, -0.2) is 0 Å². The second kappa shape index (κ2) is 8.52. The molecule has 0 saturated carbocycles. The minimum atomic E-state index is -1.49. The highest BCUT2D eigenvalue weighted by molar-refractivity contribution is 5.51. The Bertz CT molecular complexity index is 230. The molecule has 0 rings (SSSR count). The molecule has 0 aliphatic carbocycles. The summed E-state index contributed by atoms with van der Waals surface area (Å²) in [6.45, 7) is 6.29. The predicted molar refractivity (Wildman–Crippen MR) is 65.6 cm³/mol. The number of carbonyl (C=O) groups is 1. The van der Waals surface area contributed by atoms with E-state index in [-0.39, 0.29) is 13.1 Å². The van der Waals surface area contributed by atoms with Gasteiger partial charge in [-0.15, -0.1) is 0 Å². The van der Waals surface area contributed by atoms with Gasteiger partial charge in [0.15, 0.2) is 6.29 Å². The summed E-state index contributed by atoms with van der Waals surface area (Å²) in [6, 6.07) is 0. The molecule has 1 unspecified atom stereocenters. The minimum absolute atomic E-state index is 0.0172. The number of nitrogens with zero attached hydrogens (tertiary/aromatic N) is 1. The van der Waals surface area contributed by atoms with Gasteiger partial charge in [0.2, 0.25) is 6.41 Å². The first kappa shape index (κ1) is 17.4. The zero-order valence-electron chi connectivity index (χ0n) is 11.2. The monoisotopic (exact) mass is 264 g/mol. The van der Waals surface area contributed by atoms with Crippen molar-refractivity contribution in [3.05, 3.63) is 0 Å². The minimum Gasteiger partial charge on any atom is -0.367 e. The van der Waals surface area contributed by atoms with Crippen LogP contribution in [0.5, 0.6) is 0 Å². The van der Waals surface area contributed by atoms with Crippen molar-refractivity contribution in [1.82, 2.24) is 10.2 Å². The van der Waals surface area contributed by atoms with Crippen LogP contribution in [0.15, 0.2) is 0 Å². The molecule has 0 spiro atoms. The smallest absolute Gasteiger partial charge is 0.214 e. The standard InChI is InChI=1S/C11H24N2O5/c1-11(2,3)18-10(17)12-4-5-13(6-7-14)8-9(15)16/h7,9-10,12,15-17H,4-6,8H2,1-3H3. The van der Waals surface area contributed by atoms with E-state index in [1.165, 1.54) is 0 Å². The summed E-state index contributed by atoms with van der Waals surface area (Å²) in [4.78, 5) is 11.9. The van der Waals surface area contributed by atoms with Gasteiger partial charge >= 0.3 is 0 Å². The molecule has 7 nitrogen and oxygen atoms in total. The number of rotatable bonds is 9. The Morgan fingerprint density at radius 3 is 2.39 bits per heavy atom. The third-order valence-corrected chi connectivity index (χ3v) is 1.97. The van der Waals surface area contributed by atoms with Crippen molar-refractivity contribution >= 4 is 6.29 Å². The number of hydrogen-bond acceptors (Lipinski definition) is 7. The zero-order valence-corrected chi connectivity index (χ0v) is 11.2. The first-order chi connectivity index (χ1) is 8.24. The number of carbonyl (C=O) groups excluding carboxylic acids is 1. The third kappa shape index (κ3) is 10.6. The lowest BCUT2D eigenvalue weighted by molar-refractivity contribution is -0.181. The van der Waals surface area contributed by atoms with Gasteiger partial charge in [-0.2, -0.15) is 0 Å². The molecule has 4 N–H and O–H groups in total. The van der Waals surface area contributed by atoms with Crippen LogP contribution >= 0.6 is 0 Å². The van der Waals surface area contributed by atoms with Crippen LogP contribution in [-0.2, 0) is 9.53 Å². The maximum atomic E-state index is 10.4. The molecule has 0 aliphatic rings. The van der Waals surface area contributed by atoms with E-state index in [9.17, 15) is 9.90 Å². The molecule has 0 bridgehead atoms. The maximum absolute atomic E-state index is 10.4. The van der Waals surface area contributed by atoms with Crippen LogP contribution in [0.25, 0.3) is 0 Å². The van der Waals surface area contributed by atoms with E-state index in [1.54, 1.807) is 4.90 Å². The fourth-order valence-corrected chi connectivity index (χ4v) is 1.32. The van der Waals surface area contributed by atoms with Crippen molar-refractivity contribution in [2.45, 2.75) is 39.1 Å². The van der Waals surface area contributed by atoms with E-state index in [1.807, 2.05) is 20.8 Å². The Hall–Kier alpha value is -0.570.